The Labute approximate surface area is 120 Å². The van der Waals surface area contributed by atoms with Crippen molar-refractivity contribution in [2.45, 2.75) is 45.1 Å². The summed E-state index contributed by atoms with van der Waals surface area (Å²) in [6, 6.07) is 1.95. The molecule has 2 fully saturated rings. The van der Waals surface area contributed by atoms with Crippen molar-refractivity contribution in [2.75, 3.05) is 18.0 Å². The third-order valence-corrected chi connectivity index (χ3v) is 5.18. The van der Waals surface area contributed by atoms with Crippen LogP contribution in [0.15, 0.2) is 12.3 Å². The van der Waals surface area contributed by atoms with Crippen molar-refractivity contribution in [1.29, 1.82) is 0 Å². The van der Waals surface area contributed by atoms with E-state index in [4.69, 9.17) is 17.3 Å². The Morgan fingerprint density at radius 1 is 1.21 bits per heavy atom. The number of nitrogens with two attached hydrogens (primary N) is 1. The van der Waals surface area contributed by atoms with E-state index in [1.807, 2.05) is 12.3 Å². The standard InChI is InChI=1S/C15H22ClN3/c16-13-9-12(10-17)11-18-14(13)19-7-5-15(6-8-19)3-1-2-4-15/h9,11H,1-8,10,17H2. The third-order valence-electron chi connectivity index (χ3n) is 4.90. The molecule has 1 spiro atoms. The van der Waals surface area contributed by atoms with Crippen molar-refractivity contribution in [1.82, 2.24) is 4.98 Å². The van der Waals surface area contributed by atoms with Crippen LogP contribution in [0.25, 0.3) is 0 Å². The van der Waals surface area contributed by atoms with Crippen LogP contribution in [-0.2, 0) is 6.54 Å². The highest BCUT2D eigenvalue weighted by molar-refractivity contribution is 6.33. The first-order valence-corrected chi connectivity index (χ1v) is 7.70. The van der Waals surface area contributed by atoms with Gasteiger partial charge in [-0.1, -0.05) is 24.4 Å². The Morgan fingerprint density at radius 3 is 2.47 bits per heavy atom. The minimum Gasteiger partial charge on any atom is -0.355 e. The second-order valence-electron chi connectivity index (χ2n) is 6.05. The second kappa shape index (κ2) is 5.29. The smallest absolute Gasteiger partial charge is 0.147 e. The molecule has 1 saturated carbocycles. The van der Waals surface area contributed by atoms with Crippen LogP contribution in [0.2, 0.25) is 5.02 Å². The molecular weight excluding hydrogens is 258 g/mol. The van der Waals surface area contributed by atoms with Gasteiger partial charge >= 0.3 is 0 Å². The van der Waals surface area contributed by atoms with Crippen molar-refractivity contribution < 1.29 is 0 Å². The molecular formula is C15H22ClN3. The average molecular weight is 280 g/mol. The lowest BCUT2D eigenvalue weighted by Crippen LogP contribution is -2.39. The maximum Gasteiger partial charge on any atom is 0.147 e. The first-order chi connectivity index (χ1) is 9.22. The lowest BCUT2D eigenvalue weighted by molar-refractivity contribution is 0.226. The number of pyridine rings is 1. The van der Waals surface area contributed by atoms with Gasteiger partial charge in [-0.25, -0.2) is 4.98 Å². The molecule has 0 unspecified atom stereocenters. The van der Waals surface area contributed by atoms with E-state index in [9.17, 15) is 0 Å². The van der Waals surface area contributed by atoms with Gasteiger partial charge in [0.15, 0.2) is 0 Å². The summed E-state index contributed by atoms with van der Waals surface area (Å²) < 4.78 is 0. The maximum atomic E-state index is 6.33. The van der Waals surface area contributed by atoms with Crippen LogP contribution in [-0.4, -0.2) is 18.1 Å². The zero-order chi connectivity index (χ0) is 13.3. The zero-order valence-electron chi connectivity index (χ0n) is 11.4. The number of anilines is 1. The Balaban J connectivity index is 1.71. The summed E-state index contributed by atoms with van der Waals surface area (Å²) in [6.07, 6.45) is 10.1. The predicted molar refractivity (Wildman–Crippen MR) is 79.5 cm³/mol. The van der Waals surface area contributed by atoms with Crippen LogP contribution in [0.1, 0.15) is 44.1 Å². The average Bonchev–Trinajstić information content (AvgIpc) is 2.88. The number of hydrogen-bond acceptors (Lipinski definition) is 3. The van der Waals surface area contributed by atoms with Gasteiger partial charge in [0, 0.05) is 25.8 Å². The fraction of sp³-hybridized carbons (Fsp3) is 0.667. The lowest BCUT2D eigenvalue weighted by Gasteiger charge is -2.40. The SMILES string of the molecule is NCc1cnc(N2CCC3(CCCC3)CC2)c(Cl)c1. The van der Waals surface area contributed by atoms with E-state index in [0.717, 1.165) is 29.5 Å². The molecule has 0 amide bonds. The van der Waals surface area contributed by atoms with Crippen molar-refractivity contribution in [3.63, 3.8) is 0 Å². The molecule has 0 bridgehead atoms. The van der Waals surface area contributed by atoms with Crippen LogP contribution in [0, 0.1) is 5.41 Å². The Morgan fingerprint density at radius 2 is 1.89 bits per heavy atom. The molecule has 4 heteroatoms. The first kappa shape index (κ1) is 13.2. The number of hydrogen-bond donors (Lipinski definition) is 1. The predicted octanol–water partition coefficient (Wildman–Crippen LogP) is 3.35. The number of rotatable bonds is 2. The Bertz CT molecular complexity index is 445. The fourth-order valence-electron chi connectivity index (χ4n) is 3.63. The molecule has 2 heterocycles. The second-order valence-corrected chi connectivity index (χ2v) is 6.45. The molecule has 19 heavy (non-hydrogen) atoms. The lowest BCUT2D eigenvalue weighted by atomic mass is 9.77. The van der Waals surface area contributed by atoms with Gasteiger partial charge < -0.3 is 10.6 Å². The highest BCUT2D eigenvalue weighted by atomic mass is 35.5. The monoisotopic (exact) mass is 279 g/mol. The van der Waals surface area contributed by atoms with Gasteiger partial charge in [-0.15, -0.1) is 0 Å². The first-order valence-electron chi connectivity index (χ1n) is 7.32. The van der Waals surface area contributed by atoms with Gasteiger partial charge in [0.25, 0.3) is 0 Å². The van der Waals surface area contributed by atoms with E-state index >= 15 is 0 Å². The van der Waals surface area contributed by atoms with Crippen molar-refractivity contribution in [3.05, 3.63) is 22.8 Å². The van der Waals surface area contributed by atoms with E-state index < -0.39 is 0 Å². The number of aromatic nitrogens is 1. The van der Waals surface area contributed by atoms with E-state index in [1.165, 1.54) is 38.5 Å². The number of halogens is 1. The van der Waals surface area contributed by atoms with Crippen LogP contribution < -0.4 is 10.6 Å². The van der Waals surface area contributed by atoms with Gasteiger partial charge in [-0.3, -0.25) is 0 Å². The third kappa shape index (κ3) is 2.59. The summed E-state index contributed by atoms with van der Waals surface area (Å²) in [6.45, 7) is 2.68. The van der Waals surface area contributed by atoms with E-state index in [2.05, 4.69) is 9.88 Å². The Hall–Kier alpha value is -0.800. The zero-order valence-corrected chi connectivity index (χ0v) is 12.1. The summed E-state index contributed by atoms with van der Waals surface area (Å²) in [5.41, 5.74) is 7.25. The molecule has 0 radical (unpaired) electrons. The summed E-state index contributed by atoms with van der Waals surface area (Å²) in [5.74, 6) is 0.937. The molecule has 1 aliphatic carbocycles. The highest BCUT2D eigenvalue weighted by Crippen LogP contribution is 2.46. The molecule has 1 saturated heterocycles. The van der Waals surface area contributed by atoms with Gasteiger partial charge in [0.2, 0.25) is 0 Å². The highest BCUT2D eigenvalue weighted by Gasteiger charge is 2.37. The quantitative estimate of drug-likeness (QED) is 0.903. The molecule has 3 rings (SSSR count). The van der Waals surface area contributed by atoms with Crippen LogP contribution >= 0.6 is 11.6 Å². The molecule has 1 aliphatic heterocycles. The minimum absolute atomic E-state index is 0.496. The van der Waals surface area contributed by atoms with Crippen molar-refractivity contribution in [2.24, 2.45) is 11.1 Å². The Kier molecular flexibility index (Phi) is 3.68. The summed E-state index contributed by atoms with van der Waals surface area (Å²) in [7, 11) is 0. The van der Waals surface area contributed by atoms with Crippen LogP contribution in [0.4, 0.5) is 5.82 Å². The van der Waals surface area contributed by atoms with E-state index in [-0.39, 0.29) is 0 Å². The number of piperidine rings is 1. The molecule has 2 aliphatic rings. The van der Waals surface area contributed by atoms with Gasteiger partial charge in [-0.05, 0) is 42.7 Å². The molecule has 2 N–H and O–H groups in total. The molecule has 1 aromatic rings. The molecule has 1 aromatic heterocycles. The number of nitrogens with zero attached hydrogens (tertiary/aromatic N) is 2. The van der Waals surface area contributed by atoms with Crippen LogP contribution in [0.3, 0.4) is 0 Å². The van der Waals surface area contributed by atoms with E-state index in [1.54, 1.807) is 0 Å². The van der Waals surface area contributed by atoms with Crippen LogP contribution in [0.5, 0.6) is 0 Å². The van der Waals surface area contributed by atoms with Crippen molar-refractivity contribution in [3.8, 4) is 0 Å². The van der Waals surface area contributed by atoms with Gasteiger partial charge in [0.05, 0.1) is 5.02 Å². The normalized spacial score (nSPS) is 22.1. The van der Waals surface area contributed by atoms with Gasteiger partial charge in [-0.2, -0.15) is 0 Å². The molecule has 0 atom stereocenters. The fourth-order valence-corrected chi connectivity index (χ4v) is 3.94. The van der Waals surface area contributed by atoms with Crippen molar-refractivity contribution >= 4 is 17.4 Å². The topological polar surface area (TPSA) is 42.1 Å². The maximum absolute atomic E-state index is 6.33. The van der Waals surface area contributed by atoms with E-state index in [0.29, 0.717) is 12.0 Å². The molecule has 3 nitrogen and oxygen atoms in total. The largest absolute Gasteiger partial charge is 0.355 e. The summed E-state index contributed by atoms with van der Waals surface area (Å²) in [4.78, 5) is 6.84. The minimum atomic E-state index is 0.496. The summed E-state index contributed by atoms with van der Waals surface area (Å²) >= 11 is 6.33. The molecule has 104 valence electrons. The summed E-state index contributed by atoms with van der Waals surface area (Å²) in [5, 5.41) is 0.741. The van der Waals surface area contributed by atoms with Gasteiger partial charge in [0.1, 0.15) is 5.82 Å². The molecule has 0 aromatic carbocycles.